The van der Waals surface area contributed by atoms with Crippen LogP contribution in [-0.2, 0) is 5.41 Å². The fourth-order valence-electron chi connectivity index (χ4n) is 8.11. The van der Waals surface area contributed by atoms with Gasteiger partial charge in [0.05, 0.1) is 11.2 Å². The Labute approximate surface area is 308 Å². The molecule has 1 aliphatic rings. The first-order valence-corrected chi connectivity index (χ1v) is 18.1. The zero-order valence-corrected chi connectivity index (χ0v) is 29.5. The normalized spacial score (nSPS) is 12.9. The van der Waals surface area contributed by atoms with Gasteiger partial charge in [-0.1, -0.05) is 159 Å². The van der Waals surface area contributed by atoms with Crippen molar-refractivity contribution in [1.82, 2.24) is 19.9 Å². The van der Waals surface area contributed by atoms with Gasteiger partial charge in [0.1, 0.15) is 0 Å². The second kappa shape index (κ2) is 12.2. The average molecular weight is 679 g/mol. The van der Waals surface area contributed by atoms with Crippen LogP contribution in [0.1, 0.15) is 25.0 Å². The van der Waals surface area contributed by atoms with E-state index in [4.69, 9.17) is 19.9 Å². The molecule has 0 aliphatic heterocycles. The van der Waals surface area contributed by atoms with Crippen LogP contribution in [-0.4, -0.2) is 19.9 Å². The largest absolute Gasteiger partial charge is 0.247 e. The Bertz CT molecular complexity index is 2800. The Balaban J connectivity index is 1.28. The molecule has 0 unspecified atom stereocenters. The maximum atomic E-state index is 5.35. The van der Waals surface area contributed by atoms with Gasteiger partial charge < -0.3 is 0 Å². The predicted octanol–water partition coefficient (Wildman–Crippen LogP) is 12.2. The molecule has 9 aromatic rings. The molecular formula is C49H34N4. The average Bonchev–Trinajstić information content (AvgIpc) is 3.47. The lowest BCUT2D eigenvalue weighted by molar-refractivity contribution is 0.660. The van der Waals surface area contributed by atoms with Crippen molar-refractivity contribution in [1.29, 1.82) is 0 Å². The van der Waals surface area contributed by atoms with Gasteiger partial charge in [0.15, 0.2) is 17.5 Å². The monoisotopic (exact) mass is 678 g/mol. The molecule has 1 aliphatic carbocycles. The molecule has 0 fully saturated rings. The van der Waals surface area contributed by atoms with Crippen LogP contribution in [0.4, 0.5) is 0 Å². The number of pyridine rings is 1. The summed E-state index contributed by atoms with van der Waals surface area (Å²) in [4.78, 5) is 20.7. The third kappa shape index (κ3) is 5.14. The molecule has 0 N–H and O–H groups in total. The number of hydrogen-bond acceptors (Lipinski definition) is 4. The summed E-state index contributed by atoms with van der Waals surface area (Å²) in [5.41, 5.74) is 13.0. The SMILES string of the molecule is CC1(C)c2ccccc2-c2c(-c3cc(-c4nc(-c5ccccc5)nc(-c5ccccc5)n4)cc(-c4nc5ccccc5c5ccccc45)c3)cccc21. The minimum absolute atomic E-state index is 0.123. The molecular weight excluding hydrogens is 645 g/mol. The van der Waals surface area contributed by atoms with E-state index in [2.05, 4.69) is 123 Å². The lowest BCUT2D eigenvalue weighted by atomic mass is 9.82. The third-order valence-corrected chi connectivity index (χ3v) is 10.7. The molecule has 0 bridgehead atoms. The number of rotatable bonds is 5. The molecule has 0 spiro atoms. The summed E-state index contributed by atoms with van der Waals surface area (Å²) in [5, 5.41) is 3.42. The van der Waals surface area contributed by atoms with Gasteiger partial charge in [0, 0.05) is 38.4 Å². The van der Waals surface area contributed by atoms with Gasteiger partial charge in [-0.25, -0.2) is 19.9 Å². The topological polar surface area (TPSA) is 51.6 Å². The molecule has 2 aromatic heterocycles. The lowest BCUT2D eigenvalue weighted by Crippen LogP contribution is -2.14. The van der Waals surface area contributed by atoms with Crippen molar-refractivity contribution in [3.63, 3.8) is 0 Å². The van der Waals surface area contributed by atoms with Gasteiger partial charge in [0.2, 0.25) is 0 Å². The number of benzene rings is 7. The number of para-hydroxylation sites is 1. The van der Waals surface area contributed by atoms with Gasteiger partial charge in [-0.05, 0) is 63.0 Å². The molecule has 0 amide bonds. The van der Waals surface area contributed by atoms with Gasteiger partial charge >= 0.3 is 0 Å². The molecule has 0 saturated heterocycles. The zero-order chi connectivity index (χ0) is 35.5. The van der Waals surface area contributed by atoms with Crippen LogP contribution >= 0.6 is 0 Å². The van der Waals surface area contributed by atoms with Crippen molar-refractivity contribution in [3.05, 3.63) is 181 Å². The van der Waals surface area contributed by atoms with E-state index in [-0.39, 0.29) is 5.41 Å². The molecule has 2 heterocycles. The summed E-state index contributed by atoms with van der Waals surface area (Å²) in [6.45, 7) is 4.66. The number of fused-ring (bicyclic) bond motifs is 6. The molecule has 0 atom stereocenters. The van der Waals surface area contributed by atoms with E-state index in [0.717, 1.165) is 49.8 Å². The van der Waals surface area contributed by atoms with Crippen molar-refractivity contribution in [2.45, 2.75) is 19.3 Å². The molecule has 53 heavy (non-hydrogen) atoms. The van der Waals surface area contributed by atoms with Gasteiger partial charge in [0.25, 0.3) is 0 Å². The summed E-state index contributed by atoms with van der Waals surface area (Å²) < 4.78 is 0. The van der Waals surface area contributed by atoms with E-state index in [9.17, 15) is 0 Å². The minimum Gasteiger partial charge on any atom is -0.247 e. The lowest BCUT2D eigenvalue weighted by Gasteiger charge is -2.21. The molecule has 4 heteroatoms. The van der Waals surface area contributed by atoms with Gasteiger partial charge in [-0.15, -0.1) is 0 Å². The van der Waals surface area contributed by atoms with E-state index in [1.54, 1.807) is 0 Å². The molecule has 0 saturated carbocycles. The second-order valence-corrected chi connectivity index (χ2v) is 14.3. The highest BCUT2D eigenvalue weighted by Crippen LogP contribution is 2.52. The van der Waals surface area contributed by atoms with E-state index >= 15 is 0 Å². The van der Waals surface area contributed by atoms with Crippen molar-refractivity contribution in [3.8, 4) is 67.7 Å². The van der Waals surface area contributed by atoms with Crippen molar-refractivity contribution < 1.29 is 0 Å². The van der Waals surface area contributed by atoms with Crippen LogP contribution in [0, 0.1) is 0 Å². The molecule has 10 rings (SSSR count). The first kappa shape index (κ1) is 31.0. The maximum absolute atomic E-state index is 5.35. The van der Waals surface area contributed by atoms with Crippen LogP contribution in [0.25, 0.3) is 89.4 Å². The maximum Gasteiger partial charge on any atom is 0.164 e. The highest BCUT2D eigenvalue weighted by atomic mass is 15.0. The Morgan fingerprint density at radius 2 is 0.868 bits per heavy atom. The van der Waals surface area contributed by atoms with E-state index in [0.29, 0.717) is 17.5 Å². The number of nitrogens with zero attached hydrogens (tertiary/aromatic N) is 4. The summed E-state index contributed by atoms with van der Waals surface area (Å²) in [5.74, 6) is 1.87. The van der Waals surface area contributed by atoms with Gasteiger partial charge in [-0.3, -0.25) is 0 Å². The highest BCUT2D eigenvalue weighted by Gasteiger charge is 2.36. The van der Waals surface area contributed by atoms with E-state index < -0.39 is 0 Å². The molecule has 7 aromatic carbocycles. The smallest absolute Gasteiger partial charge is 0.164 e. The van der Waals surface area contributed by atoms with Crippen LogP contribution in [0.15, 0.2) is 170 Å². The van der Waals surface area contributed by atoms with E-state index in [1.165, 1.54) is 33.2 Å². The van der Waals surface area contributed by atoms with Crippen molar-refractivity contribution in [2.75, 3.05) is 0 Å². The highest BCUT2D eigenvalue weighted by molar-refractivity contribution is 6.11. The predicted molar refractivity (Wildman–Crippen MR) is 217 cm³/mol. The third-order valence-electron chi connectivity index (χ3n) is 10.7. The van der Waals surface area contributed by atoms with Crippen LogP contribution in [0.3, 0.4) is 0 Å². The van der Waals surface area contributed by atoms with Crippen LogP contribution in [0.5, 0.6) is 0 Å². The number of hydrogen-bond donors (Lipinski definition) is 0. The first-order chi connectivity index (χ1) is 26.0. The summed E-state index contributed by atoms with van der Waals surface area (Å²) in [6, 6.07) is 59.6. The van der Waals surface area contributed by atoms with Crippen molar-refractivity contribution in [2.24, 2.45) is 0 Å². The van der Waals surface area contributed by atoms with Crippen molar-refractivity contribution >= 4 is 21.7 Å². The minimum atomic E-state index is -0.123. The van der Waals surface area contributed by atoms with Gasteiger partial charge in [-0.2, -0.15) is 0 Å². The van der Waals surface area contributed by atoms with E-state index in [1.807, 2.05) is 60.7 Å². The standard InChI is InChI=1S/C49H34N4/c1-49(2)41-25-13-11-23-40(41)44-36(24-15-26-42(44)49)33-28-34(45-39-22-10-9-20-37(39)38-21-12-14-27-43(38)50-45)30-35(29-33)48-52-46(31-16-5-3-6-17-31)51-47(53-48)32-18-7-4-8-19-32/h3-30H,1-2H3. The Morgan fingerprint density at radius 3 is 1.58 bits per heavy atom. The summed E-state index contributed by atoms with van der Waals surface area (Å²) in [6.07, 6.45) is 0. The first-order valence-electron chi connectivity index (χ1n) is 18.1. The van der Waals surface area contributed by atoms with Crippen LogP contribution in [0.2, 0.25) is 0 Å². The Kier molecular flexibility index (Phi) is 7.12. The van der Waals surface area contributed by atoms with Crippen LogP contribution < -0.4 is 0 Å². The second-order valence-electron chi connectivity index (χ2n) is 14.3. The quantitative estimate of drug-likeness (QED) is 0.170. The molecule has 4 nitrogen and oxygen atoms in total. The molecule has 0 radical (unpaired) electrons. The Morgan fingerprint density at radius 1 is 0.358 bits per heavy atom. The molecule has 250 valence electrons. The Hall–Kier alpha value is -6.78. The summed E-state index contributed by atoms with van der Waals surface area (Å²) in [7, 11) is 0. The fourth-order valence-corrected chi connectivity index (χ4v) is 8.11. The fraction of sp³-hybridized carbons (Fsp3) is 0.0612. The summed E-state index contributed by atoms with van der Waals surface area (Å²) >= 11 is 0. The zero-order valence-electron chi connectivity index (χ0n) is 29.5. The number of aromatic nitrogens is 4.